The fourth-order valence-corrected chi connectivity index (χ4v) is 3.56. The molecule has 0 bridgehead atoms. The van der Waals surface area contributed by atoms with Crippen LogP contribution in [0.4, 0.5) is 0 Å². The van der Waals surface area contributed by atoms with Crippen molar-refractivity contribution < 1.29 is 0 Å². The Morgan fingerprint density at radius 2 is 2.11 bits per heavy atom. The Hall–Kier alpha value is -0.540. The Morgan fingerprint density at radius 3 is 2.79 bits per heavy atom. The van der Waals surface area contributed by atoms with Crippen molar-refractivity contribution in [2.24, 2.45) is 11.8 Å². The van der Waals surface area contributed by atoms with E-state index in [1.54, 1.807) is 0 Å². The molecule has 108 valence electrons. The van der Waals surface area contributed by atoms with Crippen molar-refractivity contribution in [2.45, 2.75) is 52.6 Å². The molecule has 0 amide bonds. The van der Waals surface area contributed by atoms with Crippen LogP contribution in [0.3, 0.4) is 0 Å². The number of hydrogen-bond acceptors (Lipinski definition) is 2. The Morgan fingerprint density at radius 1 is 1.37 bits per heavy atom. The van der Waals surface area contributed by atoms with Gasteiger partial charge >= 0.3 is 0 Å². The maximum Gasteiger partial charge on any atom is 0.0597 e. The summed E-state index contributed by atoms with van der Waals surface area (Å²) in [5, 5.41) is 8.09. The lowest BCUT2D eigenvalue weighted by molar-refractivity contribution is 0.250. The Balaban J connectivity index is 1.82. The number of rotatable bonds is 6. The van der Waals surface area contributed by atoms with Crippen LogP contribution in [0.5, 0.6) is 0 Å². The van der Waals surface area contributed by atoms with Crippen molar-refractivity contribution in [1.29, 1.82) is 0 Å². The molecular weight excluding hydrogens is 258 g/mol. The molecule has 2 atom stereocenters. The van der Waals surface area contributed by atoms with E-state index < -0.39 is 0 Å². The van der Waals surface area contributed by atoms with Crippen LogP contribution in [0.1, 0.15) is 44.0 Å². The van der Waals surface area contributed by atoms with Crippen molar-refractivity contribution in [1.82, 2.24) is 15.1 Å². The molecule has 1 aromatic heterocycles. The number of halogens is 1. The van der Waals surface area contributed by atoms with Gasteiger partial charge in [-0.25, -0.2) is 0 Å². The van der Waals surface area contributed by atoms with E-state index in [2.05, 4.69) is 35.0 Å². The third-order valence-corrected chi connectivity index (χ3v) is 4.66. The largest absolute Gasteiger partial charge is 0.311 e. The summed E-state index contributed by atoms with van der Waals surface area (Å²) in [5.74, 6) is 2.28. The zero-order chi connectivity index (χ0) is 13.7. The summed E-state index contributed by atoms with van der Waals surface area (Å²) in [5.41, 5.74) is 2.40. The van der Waals surface area contributed by atoms with Crippen LogP contribution in [0.25, 0.3) is 0 Å². The number of alkyl halides is 1. The molecule has 0 spiro atoms. The van der Waals surface area contributed by atoms with Gasteiger partial charge in [-0.2, -0.15) is 5.10 Å². The molecule has 1 aliphatic carbocycles. The van der Waals surface area contributed by atoms with E-state index in [4.69, 9.17) is 11.6 Å². The molecule has 1 aromatic rings. The predicted molar refractivity (Wildman–Crippen MR) is 80.5 cm³/mol. The van der Waals surface area contributed by atoms with Crippen LogP contribution < -0.4 is 5.32 Å². The average molecular weight is 284 g/mol. The van der Waals surface area contributed by atoms with E-state index in [-0.39, 0.29) is 0 Å². The number of nitrogens with zero attached hydrogens (tertiary/aromatic N) is 2. The molecule has 4 heteroatoms. The van der Waals surface area contributed by atoms with Gasteiger partial charge in [-0.05, 0) is 51.1 Å². The third-order valence-electron chi connectivity index (χ3n) is 4.26. The molecule has 1 aliphatic rings. The highest BCUT2D eigenvalue weighted by Crippen LogP contribution is 2.30. The van der Waals surface area contributed by atoms with Gasteiger partial charge in [0, 0.05) is 19.0 Å². The van der Waals surface area contributed by atoms with Crippen LogP contribution in [-0.2, 0) is 13.1 Å². The number of hydrogen-bond donors (Lipinski definition) is 1. The van der Waals surface area contributed by atoms with Crippen molar-refractivity contribution in [3.05, 3.63) is 17.5 Å². The standard InChI is InChI=1S/C15H26ClN3/c1-3-19-15(8-12(2)18-19)11-17-10-14-7-5-4-6-13(14)9-16/h8,13-14,17H,3-7,9-11H2,1-2H3. The van der Waals surface area contributed by atoms with Gasteiger partial charge in [0.15, 0.2) is 0 Å². The predicted octanol–water partition coefficient (Wildman–Crippen LogP) is 3.35. The highest BCUT2D eigenvalue weighted by atomic mass is 35.5. The molecule has 3 nitrogen and oxygen atoms in total. The first-order valence-electron chi connectivity index (χ1n) is 7.54. The lowest BCUT2D eigenvalue weighted by Crippen LogP contribution is -2.31. The minimum atomic E-state index is 0.709. The summed E-state index contributed by atoms with van der Waals surface area (Å²) in [6, 6.07) is 2.18. The SMILES string of the molecule is CCn1nc(C)cc1CNCC1CCCCC1CCl. The van der Waals surface area contributed by atoms with Gasteiger partial charge in [0.2, 0.25) is 0 Å². The smallest absolute Gasteiger partial charge is 0.0597 e. The van der Waals surface area contributed by atoms with Crippen LogP contribution in [0.2, 0.25) is 0 Å². The Bertz CT molecular complexity index is 389. The van der Waals surface area contributed by atoms with Gasteiger partial charge in [0.05, 0.1) is 11.4 Å². The molecule has 0 aromatic carbocycles. The topological polar surface area (TPSA) is 29.9 Å². The van der Waals surface area contributed by atoms with Gasteiger partial charge in [-0.3, -0.25) is 4.68 Å². The van der Waals surface area contributed by atoms with Crippen molar-refractivity contribution in [3.8, 4) is 0 Å². The molecule has 19 heavy (non-hydrogen) atoms. The van der Waals surface area contributed by atoms with E-state index >= 15 is 0 Å². The molecule has 0 saturated heterocycles. The molecule has 1 saturated carbocycles. The van der Waals surface area contributed by atoms with Crippen LogP contribution in [0, 0.1) is 18.8 Å². The molecule has 2 rings (SSSR count). The van der Waals surface area contributed by atoms with E-state index in [1.807, 2.05) is 0 Å². The van der Waals surface area contributed by atoms with Crippen LogP contribution in [0.15, 0.2) is 6.07 Å². The summed E-state index contributed by atoms with van der Waals surface area (Å²) >= 11 is 6.08. The van der Waals surface area contributed by atoms with Gasteiger partial charge in [0.1, 0.15) is 0 Å². The van der Waals surface area contributed by atoms with E-state index in [0.717, 1.165) is 37.1 Å². The van der Waals surface area contributed by atoms with Crippen molar-refractivity contribution in [2.75, 3.05) is 12.4 Å². The van der Waals surface area contributed by atoms with Gasteiger partial charge in [-0.15, -0.1) is 11.6 Å². The van der Waals surface area contributed by atoms with Crippen LogP contribution >= 0.6 is 11.6 Å². The summed E-state index contributed by atoms with van der Waals surface area (Å²) in [6.45, 7) is 7.14. The van der Waals surface area contributed by atoms with E-state index in [1.165, 1.54) is 31.4 Å². The fourth-order valence-electron chi connectivity index (χ4n) is 3.16. The van der Waals surface area contributed by atoms with Crippen molar-refractivity contribution >= 4 is 11.6 Å². The maximum absolute atomic E-state index is 6.08. The Kier molecular flexibility index (Phi) is 5.71. The number of aromatic nitrogens is 2. The lowest BCUT2D eigenvalue weighted by Gasteiger charge is -2.30. The normalized spacial score (nSPS) is 23.7. The molecule has 0 radical (unpaired) electrons. The summed E-state index contributed by atoms with van der Waals surface area (Å²) < 4.78 is 2.09. The zero-order valence-electron chi connectivity index (χ0n) is 12.2. The number of nitrogens with one attached hydrogen (secondary N) is 1. The first-order valence-corrected chi connectivity index (χ1v) is 8.08. The number of aryl methyl sites for hydroxylation is 2. The monoisotopic (exact) mass is 283 g/mol. The fraction of sp³-hybridized carbons (Fsp3) is 0.800. The summed E-state index contributed by atoms with van der Waals surface area (Å²) in [7, 11) is 0. The van der Waals surface area contributed by atoms with Gasteiger partial charge in [0.25, 0.3) is 0 Å². The minimum absolute atomic E-state index is 0.709. The molecule has 1 heterocycles. The van der Waals surface area contributed by atoms with Crippen LogP contribution in [-0.4, -0.2) is 22.2 Å². The second kappa shape index (κ2) is 7.30. The lowest BCUT2D eigenvalue weighted by atomic mass is 9.80. The average Bonchev–Trinajstić information content (AvgIpc) is 2.79. The summed E-state index contributed by atoms with van der Waals surface area (Å²) in [6.07, 6.45) is 5.36. The second-order valence-corrected chi connectivity index (χ2v) is 5.99. The van der Waals surface area contributed by atoms with Gasteiger partial charge in [-0.1, -0.05) is 12.8 Å². The quantitative estimate of drug-likeness (QED) is 0.812. The summed E-state index contributed by atoms with van der Waals surface area (Å²) in [4.78, 5) is 0. The first kappa shape index (κ1) is 14.9. The molecule has 0 aliphatic heterocycles. The molecule has 1 N–H and O–H groups in total. The van der Waals surface area contributed by atoms with E-state index in [0.29, 0.717) is 5.92 Å². The molecule has 1 fully saturated rings. The zero-order valence-corrected chi connectivity index (χ0v) is 12.9. The highest BCUT2D eigenvalue weighted by molar-refractivity contribution is 6.18. The molecular formula is C15H26ClN3. The Labute approximate surface area is 121 Å². The third kappa shape index (κ3) is 3.96. The highest BCUT2D eigenvalue weighted by Gasteiger charge is 2.23. The molecule has 2 unspecified atom stereocenters. The minimum Gasteiger partial charge on any atom is -0.311 e. The second-order valence-electron chi connectivity index (χ2n) is 5.68. The maximum atomic E-state index is 6.08. The van der Waals surface area contributed by atoms with E-state index in [9.17, 15) is 0 Å². The van der Waals surface area contributed by atoms with Crippen molar-refractivity contribution in [3.63, 3.8) is 0 Å². The first-order chi connectivity index (χ1) is 9.24. The van der Waals surface area contributed by atoms with Gasteiger partial charge < -0.3 is 5.32 Å².